The van der Waals surface area contributed by atoms with E-state index < -0.39 is 0 Å². The van der Waals surface area contributed by atoms with Gasteiger partial charge in [-0.3, -0.25) is 2.78 Å². The van der Waals surface area contributed by atoms with Gasteiger partial charge in [0.2, 0.25) is 0 Å². The van der Waals surface area contributed by atoms with Crippen molar-refractivity contribution in [2.24, 2.45) is 7.05 Å². The van der Waals surface area contributed by atoms with Crippen LogP contribution in [-0.4, -0.2) is 7.35 Å². The van der Waals surface area contributed by atoms with Gasteiger partial charge in [-0.1, -0.05) is 66.7 Å². The molecular formula is C25H17IN2. The van der Waals surface area contributed by atoms with Crippen molar-refractivity contribution in [3.63, 3.8) is 0 Å². The van der Waals surface area contributed by atoms with Crippen LogP contribution in [0.4, 0.5) is 0 Å². The van der Waals surface area contributed by atoms with Gasteiger partial charge in [-0.05, 0) is 23.8 Å². The van der Waals surface area contributed by atoms with E-state index in [-0.39, 0.29) is 0 Å². The molecule has 2 heterocycles. The molecule has 2 nitrogen and oxygen atoms in total. The van der Waals surface area contributed by atoms with Crippen LogP contribution < -0.4 is 0 Å². The molecule has 0 N–H and O–H groups in total. The topological polar surface area (TPSA) is 9.86 Å². The average Bonchev–Trinajstić information content (AvgIpc) is 3.21. The van der Waals surface area contributed by atoms with Crippen LogP contribution in [0.3, 0.4) is 0 Å². The number of fused-ring (bicyclic) bond motifs is 6. The Bertz CT molecular complexity index is 1530. The van der Waals surface area contributed by atoms with Gasteiger partial charge in [-0.15, -0.1) is 0 Å². The van der Waals surface area contributed by atoms with Gasteiger partial charge in [0.15, 0.2) is 0 Å². The van der Waals surface area contributed by atoms with Crippen LogP contribution in [0.15, 0.2) is 84.9 Å². The molecule has 0 aliphatic heterocycles. The molecule has 0 radical (unpaired) electrons. The summed E-state index contributed by atoms with van der Waals surface area (Å²) in [6.07, 6.45) is 0. The van der Waals surface area contributed by atoms with Crippen molar-refractivity contribution in [2.45, 2.75) is 0 Å². The number of nitrogens with zero attached hydrogens (tertiary/aromatic N) is 2. The standard InChI is InChI=1S/C25H17IN2/c1-27-21-13-4-3-9-20(21)24-17(10-7-15-23(24)27)19-12-6-11-18-16-8-2-5-14-22(16)28(26)25(18)19/h2-15H,1H3. The highest BCUT2D eigenvalue weighted by atomic mass is 127. The number of aromatic nitrogens is 2. The quantitative estimate of drug-likeness (QED) is 0.222. The molecule has 0 aliphatic carbocycles. The van der Waals surface area contributed by atoms with Crippen molar-refractivity contribution in [2.75, 3.05) is 0 Å². The molecule has 6 aromatic rings. The van der Waals surface area contributed by atoms with Crippen LogP contribution in [-0.2, 0) is 7.05 Å². The molecule has 0 atom stereocenters. The predicted octanol–water partition coefficient (Wildman–Crippen LogP) is 7.30. The number of hydrogen-bond acceptors (Lipinski definition) is 0. The van der Waals surface area contributed by atoms with Crippen LogP contribution in [0.5, 0.6) is 0 Å². The maximum Gasteiger partial charge on any atom is 0.0668 e. The second-order valence-corrected chi connectivity index (χ2v) is 8.24. The van der Waals surface area contributed by atoms with Crippen molar-refractivity contribution >= 4 is 66.5 Å². The second kappa shape index (κ2) is 5.85. The first-order valence-electron chi connectivity index (χ1n) is 9.40. The van der Waals surface area contributed by atoms with Crippen molar-refractivity contribution < 1.29 is 0 Å². The zero-order chi connectivity index (χ0) is 18.8. The number of halogens is 1. The maximum atomic E-state index is 2.44. The molecule has 6 rings (SSSR count). The molecule has 2 aromatic heterocycles. The molecule has 28 heavy (non-hydrogen) atoms. The van der Waals surface area contributed by atoms with E-state index in [9.17, 15) is 0 Å². The van der Waals surface area contributed by atoms with Crippen LogP contribution in [0, 0.1) is 0 Å². The fourth-order valence-electron chi connectivity index (χ4n) is 4.62. The molecule has 0 amide bonds. The monoisotopic (exact) mass is 472 g/mol. The van der Waals surface area contributed by atoms with Crippen molar-refractivity contribution in [3.05, 3.63) is 84.9 Å². The van der Waals surface area contributed by atoms with Crippen molar-refractivity contribution in [1.29, 1.82) is 0 Å². The summed E-state index contributed by atoms with van der Waals surface area (Å²) >= 11 is 2.44. The van der Waals surface area contributed by atoms with Crippen molar-refractivity contribution in [3.8, 4) is 11.1 Å². The first kappa shape index (κ1) is 16.2. The van der Waals surface area contributed by atoms with E-state index in [0.29, 0.717) is 0 Å². The largest absolute Gasteiger partial charge is 0.344 e. The van der Waals surface area contributed by atoms with Crippen LogP contribution >= 0.6 is 22.9 Å². The highest BCUT2D eigenvalue weighted by Gasteiger charge is 2.17. The summed E-state index contributed by atoms with van der Waals surface area (Å²) in [6, 6.07) is 30.7. The molecule has 3 heteroatoms. The SMILES string of the molecule is Cn1c2ccccc2c2c(-c3cccc4c5ccccc5n(I)c34)cccc21. The third-order valence-corrected chi connectivity index (χ3v) is 6.87. The number of aryl methyl sites for hydroxylation is 1. The number of para-hydroxylation sites is 3. The summed E-state index contributed by atoms with van der Waals surface area (Å²) < 4.78 is 4.61. The van der Waals surface area contributed by atoms with E-state index in [1.165, 1.54) is 54.7 Å². The summed E-state index contributed by atoms with van der Waals surface area (Å²) in [4.78, 5) is 0. The Morgan fingerprint density at radius 2 is 1.18 bits per heavy atom. The molecule has 0 fully saturated rings. The molecule has 0 spiro atoms. The molecule has 0 unspecified atom stereocenters. The minimum absolute atomic E-state index is 1.26. The molecule has 134 valence electrons. The van der Waals surface area contributed by atoms with Gasteiger partial charge in [-0.2, -0.15) is 0 Å². The maximum absolute atomic E-state index is 2.44. The summed E-state index contributed by atoms with van der Waals surface area (Å²) in [5.41, 5.74) is 7.66. The first-order chi connectivity index (χ1) is 13.8. The van der Waals surface area contributed by atoms with Gasteiger partial charge in [0.05, 0.1) is 33.9 Å². The summed E-state index contributed by atoms with van der Waals surface area (Å²) in [7, 11) is 2.16. The first-order valence-corrected chi connectivity index (χ1v) is 10.4. The Balaban J connectivity index is 1.83. The van der Waals surface area contributed by atoms with E-state index in [1.807, 2.05) is 0 Å². The summed E-state index contributed by atoms with van der Waals surface area (Å²) in [5, 5.41) is 5.25. The van der Waals surface area contributed by atoms with Gasteiger partial charge in [0, 0.05) is 45.2 Å². The lowest BCUT2D eigenvalue weighted by Crippen LogP contribution is -1.88. The smallest absolute Gasteiger partial charge is 0.0668 e. The number of rotatable bonds is 1. The number of benzene rings is 4. The summed E-state index contributed by atoms with van der Waals surface area (Å²) in [5.74, 6) is 0. The molecule has 0 saturated carbocycles. The fraction of sp³-hybridized carbons (Fsp3) is 0.0400. The van der Waals surface area contributed by atoms with Crippen molar-refractivity contribution in [1.82, 2.24) is 7.35 Å². The lowest BCUT2D eigenvalue weighted by molar-refractivity contribution is 1.01. The molecule has 0 aliphatic rings. The van der Waals surface area contributed by atoms with Gasteiger partial charge in [0.1, 0.15) is 0 Å². The Labute approximate surface area is 176 Å². The Kier molecular flexibility index (Phi) is 3.38. The van der Waals surface area contributed by atoms with E-state index in [1.54, 1.807) is 0 Å². The Morgan fingerprint density at radius 1 is 0.571 bits per heavy atom. The minimum Gasteiger partial charge on any atom is -0.344 e. The predicted molar refractivity (Wildman–Crippen MR) is 128 cm³/mol. The second-order valence-electron chi connectivity index (χ2n) is 7.28. The lowest BCUT2D eigenvalue weighted by Gasteiger charge is -2.08. The fourth-order valence-corrected chi connectivity index (χ4v) is 5.56. The zero-order valence-corrected chi connectivity index (χ0v) is 17.5. The normalized spacial score (nSPS) is 11.9. The van der Waals surface area contributed by atoms with Gasteiger partial charge >= 0.3 is 0 Å². The third-order valence-electron chi connectivity index (χ3n) is 5.87. The highest BCUT2D eigenvalue weighted by Crippen LogP contribution is 2.41. The Hall–Kier alpha value is -2.79. The van der Waals surface area contributed by atoms with Gasteiger partial charge in [-0.25, -0.2) is 0 Å². The Morgan fingerprint density at radius 3 is 2.04 bits per heavy atom. The molecule has 4 aromatic carbocycles. The highest BCUT2D eigenvalue weighted by molar-refractivity contribution is 14.1. The van der Waals surface area contributed by atoms with E-state index in [4.69, 9.17) is 0 Å². The van der Waals surface area contributed by atoms with Gasteiger partial charge in [0.25, 0.3) is 0 Å². The molecule has 0 saturated heterocycles. The molecule has 0 bridgehead atoms. The zero-order valence-electron chi connectivity index (χ0n) is 15.4. The molecular weight excluding hydrogens is 455 g/mol. The lowest BCUT2D eigenvalue weighted by atomic mass is 9.97. The van der Waals surface area contributed by atoms with Gasteiger partial charge < -0.3 is 4.57 Å². The summed E-state index contributed by atoms with van der Waals surface area (Å²) in [6.45, 7) is 0. The van der Waals surface area contributed by atoms with E-state index >= 15 is 0 Å². The third kappa shape index (κ3) is 2.02. The minimum atomic E-state index is 1.26. The van der Waals surface area contributed by atoms with Crippen LogP contribution in [0.2, 0.25) is 0 Å². The van der Waals surface area contributed by atoms with E-state index in [2.05, 4.69) is 122 Å². The van der Waals surface area contributed by atoms with Crippen LogP contribution in [0.25, 0.3) is 54.7 Å². The van der Waals surface area contributed by atoms with E-state index in [0.717, 1.165) is 0 Å². The average molecular weight is 472 g/mol. The van der Waals surface area contributed by atoms with Crippen LogP contribution in [0.1, 0.15) is 0 Å². The number of hydrogen-bond donors (Lipinski definition) is 0.